The molecular weight excluding hydrogens is 462 g/mol. The van der Waals surface area contributed by atoms with Gasteiger partial charge in [0.25, 0.3) is 5.91 Å². The molecule has 2 aromatic heterocycles. The minimum absolute atomic E-state index is 0.0767. The Balaban J connectivity index is 1.17. The first-order chi connectivity index (χ1) is 17.6. The van der Waals surface area contributed by atoms with E-state index >= 15 is 0 Å². The Kier molecular flexibility index (Phi) is 6.26. The highest BCUT2D eigenvalue weighted by atomic mass is 16.5. The van der Waals surface area contributed by atoms with Crippen molar-refractivity contribution in [2.24, 2.45) is 22.7 Å². The molecule has 1 aliphatic carbocycles. The lowest BCUT2D eigenvalue weighted by molar-refractivity contribution is 0.0835. The largest absolute Gasteiger partial charge is 0.458 e. The van der Waals surface area contributed by atoms with Gasteiger partial charge in [-0.3, -0.25) is 14.8 Å². The second-order valence-electron chi connectivity index (χ2n) is 9.95. The summed E-state index contributed by atoms with van der Waals surface area (Å²) in [5.74, 6) is 1.39. The van der Waals surface area contributed by atoms with Gasteiger partial charge in [0.05, 0.1) is 32.1 Å². The van der Waals surface area contributed by atoms with Crippen LogP contribution >= 0.6 is 0 Å². The van der Waals surface area contributed by atoms with Crippen molar-refractivity contribution in [2.75, 3.05) is 44.9 Å². The van der Waals surface area contributed by atoms with Crippen LogP contribution in [0.1, 0.15) is 41.6 Å². The van der Waals surface area contributed by atoms with Crippen molar-refractivity contribution in [3.8, 4) is 6.01 Å². The summed E-state index contributed by atoms with van der Waals surface area (Å²) in [6.07, 6.45) is 3.40. The standard InChI is InChI=1S/C25H31N7O4/c1-14(11-34-2)36-25-30-22(23(33)28-21-17-12-35-13-18(17)21)29-24(31-25)32-8-5-15(6-9-32)20-16-4-3-7-26-19(16)10-27-20/h3-4,7,14-15,17-18,21H,5-6,8-13H2,1-2H3,(H,28,33)/t14-,17-,18+,21+/m1/s1. The zero-order valence-corrected chi connectivity index (χ0v) is 20.6. The zero-order valence-electron chi connectivity index (χ0n) is 20.6. The molecule has 11 heteroatoms. The third-order valence-corrected chi connectivity index (χ3v) is 7.49. The van der Waals surface area contributed by atoms with Crippen molar-refractivity contribution in [2.45, 2.75) is 38.5 Å². The number of ether oxygens (including phenoxy) is 3. The summed E-state index contributed by atoms with van der Waals surface area (Å²) in [6.45, 7) is 5.82. The first kappa shape index (κ1) is 23.2. The Labute approximate surface area is 209 Å². The number of nitrogens with zero attached hydrogens (tertiary/aromatic N) is 6. The summed E-state index contributed by atoms with van der Waals surface area (Å²) < 4.78 is 16.5. The molecule has 2 saturated heterocycles. The van der Waals surface area contributed by atoms with Crippen molar-refractivity contribution in [1.29, 1.82) is 0 Å². The topological polar surface area (TPSA) is 124 Å². The maximum Gasteiger partial charge on any atom is 0.322 e. The van der Waals surface area contributed by atoms with E-state index in [0.717, 1.165) is 37.3 Å². The van der Waals surface area contributed by atoms with Crippen LogP contribution in [0.3, 0.4) is 0 Å². The first-order valence-electron chi connectivity index (χ1n) is 12.6. The Morgan fingerprint density at radius 3 is 2.81 bits per heavy atom. The van der Waals surface area contributed by atoms with Gasteiger partial charge < -0.3 is 24.4 Å². The second kappa shape index (κ2) is 9.70. The second-order valence-corrected chi connectivity index (χ2v) is 9.95. The number of hydrogen-bond acceptors (Lipinski definition) is 10. The van der Waals surface area contributed by atoms with Gasteiger partial charge in [-0.05, 0) is 31.9 Å². The molecule has 4 aliphatic rings. The predicted molar refractivity (Wildman–Crippen MR) is 130 cm³/mol. The molecule has 0 aromatic carbocycles. The van der Waals surface area contributed by atoms with E-state index in [1.807, 2.05) is 19.2 Å². The smallest absolute Gasteiger partial charge is 0.322 e. The van der Waals surface area contributed by atoms with Crippen LogP contribution < -0.4 is 15.0 Å². The maximum atomic E-state index is 13.0. The number of rotatable bonds is 8. The third kappa shape index (κ3) is 4.53. The summed E-state index contributed by atoms with van der Waals surface area (Å²) >= 11 is 0. The maximum absolute atomic E-state index is 13.0. The number of pyridine rings is 1. The SMILES string of the molecule is COC[C@@H](C)Oc1nc(C(=O)N[C@H]2[C@@H]3COC[C@@H]32)nc(N2CCC(C3=NCc4ncccc43)CC2)n1. The minimum atomic E-state index is -0.304. The molecule has 3 aliphatic heterocycles. The van der Waals surface area contributed by atoms with Crippen LogP contribution in [0, 0.1) is 17.8 Å². The number of nitrogens with one attached hydrogen (secondary N) is 1. The molecule has 1 saturated carbocycles. The number of piperidine rings is 1. The summed E-state index contributed by atoms with van der Waals surface area (Å²) in [4.78, 5) is 37.8. The van der Waals surface area contributed by atoms with E-state index in [9.17, 15) is 4.79 Å². The summed E-state index contributed by atoms with van der Waals surface area (Å²) in [7, 11) is 1.61. The van der Waals surface area contributed by atoms with Gasteiger partial charge in [-0.2, -0.15) is 15.0 Å². The van der Waals surface area contributed by atoms with Crippen LogP contribution in [0.5, 0.6) is 6.01 Å². The lowest BCUT2D eigenvalue weighted by atomic mass is 9.88. The number of carbonyl (C=O) groups excluding carboxylic acids is 1. The fraction of sp³-hybridized carbons (Fsp3) is 0.600. The lowest BCUT2D eigenvalue weighted by Crippen LogP contribution is -2.38. The number of hydrogen-bond donors (Lipinski definition) is 1. The van der Waals surface area contributed by atoms with Gasteiger partial charge >= 0.3 is 6.01 Å². The minimum Gasteiger partial charge on any atom is -0.458 e. The van der Waals surface area contributed by atoms with E-state index in [4.69, 9.17) is 19.2 Å². The monoisotopic (exact) mass is 493 g/mol. The summed E-state index contributed by atoms with van der Waals surface area (Å²) in [5.41, 5.74) is 3.39. The van der Waals surface area contributed by atoms with Crippen molar-refractivity contribution >= 4 is 17.6 Å². The number of carbonyl (C=O) groups is 1. The van der Waals surface area contributed by atoms with Crippen molar-refractivity contribution in [3.05, 3.63) is 35.4 Å². The Bertz CT molecular complexity index is 1160. The molecule has 1 N–H and O–H groups in total. The fourth-order valence-electron chi connectivity index (χ4n) is 5.50. The summed E-state index contributed by atoms with van der Waals surface area (Å²) in [6, 6.07) is 4.35. The average molecular weight is 494 g/mol. The molecule has 11 nitrogen and oxygen atoms in total. The summed E-state index contributed by atoms with van der Waals surface area (Å²) in [5, 5.41) is 3.07. The van der Waals surface area contributed by atoms with Gasteiger partial charge in [-0.25, -0.2) is 0 Å². The molecule has 4 atom stereocenters. The van der Waals surface area contributed by atoms with E-state index in [1.165, 1.54) is 5.56 Å². The van der Waals surface area contributed by atoms with E-state index in [-0.39, 0.29) is 29.9 Å². The third-order valence-electron chi connectivity index (χ3n) is 7.49. The van der Waals surface area contributed by atoms with Gasteiger partial charge in [0, 0.05) is 61.5 Å². The number of anilines is 1. The van der Waals surface area contributed by atoms with Crippen LogP contribution in [0.15, 0.2) is 23.3 Å². The Morgan fingerprint density at radius 1 is 1.22 bits per heavy atom. The highest BCUT2D eigenvalue weighted by Gasteiger charge is 2.55. The molecule has 0 unspecified atom stereocenters. The molecule has 0 bridgehead atoms. The molecule has 0 spiro atoms. The molecule has 36 heavy (non-hydrogen) atoms. The molecule has 0 radical (unpaired) electrons. The van der Waals surface area contributed by atoms with Gasteiger partial charge in [0.1, 0.15) is 6.10 Å². The van der Waals surface area contributed by atoms with Gasteiger partial charge in [-0.1, -0.05) is 0 Å². The van der Waals surface area contributed by atoms with Crippen LogP contribution in [0.4, 0.5) is 5.95 Å². The molecule has 190 valence electrons. The van der Waals surface area contributed by atoms with Crippen molar-refractivity contribution in [1.82, 2.24) is 25.3 Å². The Morgan fingerprint density at radius 2 is 2.03 bits per heavy atom. The van der Waals surface area contributed by atoms with Crippen LogP contribution in [0.25, 0.3) is 0 Å². The lowest BCUT2D eigenvalue weighted by Gasteiger charge is -2.32. The quantitative estimate of drug-likeness (QED) is 0.579. The molecule has 3 fully saturated rings. The molecular formula is C25H31N7O4. The number of amides is 1. The number of aliphatic imine (C=N–C) groups is 1. The molecule has 2 aromatic rings. The van der Waals surface area contributed by atoms with E-state index in [2.05, 4.69) is 36.2 Å². The number of fused-ring (bicyclic) bond motifs is 2. The van der Waals surface area contributed by atoms with Gasteiger partial charge in [0.2, 0.25) is 11.8 Å². The van der Waals surface area contributed by atoms with Gasteiger partial charge in [0.15, 0.2) is 0 Å². The van der Waals surface area contributed by atoms with Crippen LogP contribution in [-0.2, 0) is 16.0 Å². The average Bonchev–Trinajstić information content (AvgIpc) is 3.23. The normalized spacial score (nSPS) is 25.7. The fourth-order valence-corrected chi connectivity index (χ4v) is 5.50. The van der Waals surface area contributed by atoms with Crippen LogP contribution in [0.2, 0.25) is 0 Å². The Hall–Kier alpha value is -3.18. The molecule has 6 rings (SSSR count). The molecule has 1 amide bonds. The number of methoxy groups -OCH3 is 1. The number of aromatic nitrogens is 4. The van der Waals surface area contributed by atoms with Gasteiger partial charge in [-0.15, -0.1) is 0 Å². The van der Waals surface area contributed by atoms with E-state index in [0.29, 0.717) is 50.1 Å². The zero-order chi connectivity index (χ0) is 24.6. The first-order valence-corrected chi connectivity index (χ1v) is 12.6. The van der Waals surface area contributed by atoms with Crippen molar-refractivity contribution < 1.29 is 19.0 Å². The predicted octanol–water partition coefficient (Wildman–Crippen LogP) is 1.27. The molecule has 5 heterocycles. The van der Waals surface area contributed by atoms with E-state index in [1.54, 1.807) is 7.11 Å². The van der Waals surface area contributed by atoms with Crippen LogP contribution in [-0.4, -0.2) is 83.7 Å². The van der Waals surface area contributed by atoms with E-state index < -0.39 is 0 Å². The highest BCUT2D eigenvalue weighted by Crippen LogP contribution is 2.44. The highest BCUT2D eigenvalue weighted by molar-refractivity contribution is 6.04. The van der Waals surface area contributed by atoms with Crippen molar-refractivity contribution in [3.63, 3.8) is 0 Å².